The van der Waals surface area contributed by atoms with Gasteiger partial charge in [-0.25, -0.2) is 4.39 Å². The maximum Gasteiger partial charge on any atom is 0.328 e. The number of benzene rings is 1. The second-order valence-corrected chi connectivity index (χ2v) is 6.53. The highest BCUT2D eigenvalue weighted by Gasteiger charge is 2.19. The molecule has 20 heavy (non-hydrogen) atoms. The van der Waals surface area contributed by atoms with E-state index in [0.29, 0.717) is 21.1 Å². The van der Waals surface area contributed by atoms with Gasteiger partial charge >= 0.3 is 5.97 Å². The van der Waals surface area contributed by atoms with E-state index in [0.717, 1.165) is 0 Å². The van der Waals surface area contributed by atoms with Crippen molar-refractivity contribution in [3.05, 3.63) is 28.1 Å². The normalized spacial score (nSPS) is 11.9. The molecule has 0 fully saturated rings. The molecular weight excluding hydrogens is 327 g/mol. The molecule has 0 aliphatic heterocycles. The van der Waals surface area contributed by atoms with Crippen LogP contribution in [0.2, 0.25) is 0 Å². The van der Waals surface area contributed by atoms with Crippen LogP contribution in [0.5, 0.6) is 0 Å². The van der Waals surface area contributed by atoms with Gasteiger partial charge in [-0.05, 0) is 39.8 Å². The van der Waals surface area contributed by atoms with Gasteiger partial charge in [-0.3, -0.25) is 9.48 Å². The molecule has 2 rings (SSSR count). The highest BCUT2D eigenvalue weighted by molar-refractivity contribution is 9.10. The molecule has 108 valence electrons. The summed E-state index contributed by atoms with van der Waals surface area (Å²) < 4.78 is 21.3. The van der Waals surface area contributed by atoms with Crippen LogP contribution in [0.3, 0.4) is 0 Å². The number of aromatic nitrogens is 2. The summed E-state index contributed by atoms with van der Waals surface area (Å²) in [6.07, 6.45) is 0. The topological polar surface area (TPSA) is 44.1 Å². The van der Waals surface area contributed by atoms with Crippen LogP contribution in [0.25, 0.3) is 10.9 Å². The fraction of sp³-hybridized carbons (Fsp3) is 0.429. The van der Waals surface area contributed by atoms with Crippen LogP contribution in [-0.2, 0) is 16.1 Å². The quantitative estimate of drug-likeness (QED) is 0.783. The van der Waals surface area contributed by atoms with E-state index in [9.17, 15) is 9.18 Å². The minimum absolute atomic E-state index is 0.0329. The van der Waals surface area contributed by atoms with E-state index in [2.05, 4.69) is 21.0 Å². The van der Waals surface area contributed by atoms with Gasteiger partial charge in [0.25, 0.3) is 0 Å². The second-order valence-electron chi connectivity index (χ2n) is 5.61. The Morgan fingerprint density at radius 2 is 2.10 bits per heavy atom. The van der Waals surface area contributed by atoms with E-state index in [1.54, 1.807) is 33.8 Å². The minimum atomic E-state index is -0.550. The van der Waals surface area contributed by atoms with Gasteiger partial charge in [-0.2, -0.15) is 5.10 Å². The number of rotatable bonds is 2. The van der Waals surface area contributed by atoms with Crippen molar-refractivity contribution < 1.29 is 13.9 Å². The summed E-state index contributed by atoms with van der Waals surface area (Å²) in [4.78, 5) is 11.8. The zero-order valence-corrected chi connectivity index (χ0v) is 13.4. The third-order valence-electron chi connectivity index (χ3n) is 2.71. The fourth-order valence-corrected chi connectivity index (χ4v) is 2.40. The standard InChI is InChI=1S/C14H16BrFN2O2/c1-8-13-10(16)5-9(15)6-11(13)17-18(8)7-12(19)20-14(2,3)4/h5-6H,7H2,1-4H3. The highest BCUT2D eigenvalue weighted by atomic mass is 79.9. The lowest BCUT2D eigenvalue weighted by Crippen LogP contribution is -2.27. The van der Waals surface area contributed by atoms with Crippen LogP contribution in [0, 0.1) is 12.7 Å². The molecule has 0 unspecified atom stereocenters. The number of nitrogens with zero attached hydrogens (tertiary/aromatic N) is 2. The first-order valence-corrected chi connectivity index (χ1v) is 7.01. The van der Waals surface area contributed by atoms with Gasteiger partial charge in [0, 0.05) is 10.2 Å². The average Bonchev–Trinajstić information content (AvgIpc) is 2.52. The first-order valence-electron chi connectivity index (χ1n) is 6.21. The van der Waals surface area contributed by atoms with E-state index in [1.807, 2.05) is 0 Å². The lowest BCUT2D eigenvalue weighted by Gasteiger charge is -2.19. The van der Waals surface area contributed by atoms with Crippen LogP contribution in [-0.4, -0.2) is 21.4 Å². The summed E-state index contributed by atoms with van der Waals surface area (Å²) >= 11 is 3.23. The second kappa shape index (κ2) is 5.16. The van der Waals surface area contributed by atoms with Crippen molar-refractivity contribution in [3.63, 3.8) is 0 Å². The number of carbonyl (C=O) groups excluding carboxylic acids is 1. The lowest BCUT2D eigenvalue weighted by atomic mass is 10.2. The van der Waals surface area contributed by atoms with Crippen molar-refractivity contribution in [2.45, 2.75) is 39.8 Å². The molecule has 0 aliphatic rings. The summed E-state index contributed by atoms with van der Waals surface area (Å²) in [7, 11) is 0. The number of aryl methyl sites for hydroxylation is 1. The van der Waals surface area contributed by atoms with E-state index >= 15 is 0 Å². The molecule has 0 atom stereocenters. The number of carbonyl (C=O) groups is 1. The summed E-state index contributed by atoms with van der Waals surface area (Å²) in [5.41, 5.74) is 0.569. The molecule has 0 spiro atoms. The third kappa shape index (κ3) is 3.17. The zero-order valence-electron chi connectivity index (χ0n) is 11.8. The van der Waals surface area contributed by atoms with Gasteiger partial charge in [0.15, 0.2) is 0 Å². The molecule has 0 saturated carbocycles. The molecule has 2 aromatic rings. The first-order chi connectivity index (χ1) is 9.17. The van der Waals surface area contributed by atoms with Crippen molar-refractivity contribution in [1.82, 2.24) is 9.78 Å². The molecule has 0 radical (unpaired) electrons. The van der Waals surface area contributed by atoms with Crippen molar-refractivity contribution in [2.75, 3.05) is 0 Å². The molecular formula is C14H16BrFN2O2. The van der Waals surface area contributed by atoms with Gasteiger partial charge < -0.3 is 4.74 Å². The summed E-state index contributed by atoms with van der Waals surface area (Å²) in [6.45, 7) is 7.10. The van der Waals surface area contributed by atoms with Crippen LogP contribution >= 0.6 is 15.9 Å². The minimum Gasteiger partial charge on any atom is -0.459 e. The van der Waals surface area contributed by atoms with E-state index in [4.69, 9.17) is 4.74 Å². The maximum absolute atomic E-state index is 13.9. The molecule has 0 saturated heterocycles. The number of fused-ring (bicyclic) bond motifs is 1. The Kier molecular flexibility index (Phi) is 3.86. The van der Waals surface area contributed by atoms with Crippen molar-refractivity contribution in [3.8, 4) is 0 Å². The van der Waals surface area contributed by atoms with Crippen molar-refractivity contribution in [1.29, 1.82) is 0 Å². The third-order valence-corrected chi connectivity index (χ3v) is 3.17. The van der Waals surface area contributed by atoms with Gasteiger partial charge in [0.1, 0.15) is 18.0 Å². The number of ether oxygens (including phenoxy) is 1. The molecule has 1 aromatic carbocycles. The Hall–Kier alpha value is -1.43. The monoisotopic (exact) mass is 342 g/mol. The first kappa shape index (κ1) is 15.0. The van der Waals surface area contributed by atoms with Crippen molar-refractivity contribution in [2.24, 2.45) is 0 Å². The molecule has 0 amide bonds. The van der Waals surface area contributed by atoms with E-state index in [1.165, 1.54) is 10.7 Å². The Bertz CT molecular complexity index is 674. The van der Waals surface area contributed by atoms with Crippen LogP contribution in [0.15, 0.2) is 16.6 Å². The summed E-state index contributed by atoms with van der Waals surface area (Å²) in [5.74, 6) is -0.754. The Labute approximate surface area is 125 Å². The van der Waals surface area contributed by atoms with Crippen LogP contribution in [0.4, 0.5) is 4.39 Å². The highest BCUT2D eigenvalue weighted by Crippen LogP contribution is 2.25. The van der Waals surface area contributed by atoms with E-state index < -0.39 is 11.6 Å². The summed E-state index contributed by atoms with van der Waals surface area (Å²) in [6, 6.07) is 3.10. The van der Waals surface area contributed by atoms with Crippen LogP contribution < -0.4 is 0 Å². The lowest BCUT2D eigenvalue weighted by molar-refractivity contribution is -0.155. The molecule has 1 aromatic heterocycles. The smallest absolute Gasteiger partial charge is 0.328 e. The number of hydrogen-bond acceptors (Lipinski definition) is 3. The molecule has 1 heterocycles. The molecule has 4 nitrogen and oxygen atoms in total. The Morgan fingerprint density at radius 1 is 1.45 bits per heavy atom. The summed E-state index contributed by atoms with van der Waals surface area (Å²) in [5, 5.41) is 4.68. The van der Waals surface area contributed by atoms with Gasteiger partial charge in [-0.1, -0.05) is 15.9 Å². The van der Waals surface area contributed by atoms with E-state index in [-0.39, 0.29) is 12.4 Å². The predicted octanol–water partition coefficient (Wildman–Crippen LogP) is 3.59. The largest absolute Gasteiger partial charge is 0.459 e. The molecule has 0 bridgehead atoms. The van der Waals surface area contributed by atoms with Gasteiger partial charge in [0.05, 0.1) is 10.9 Å². The molecule has 6 heteroatoms. The number of hydrogen-bond donors (Lipinski definition) is 0. The van der Waals surface area contributed by atoms with Crippen LogP contribution in [0.1, 0.15) is 26.5 Å². The Balaban J connectivity index is 2.34. The average molecular weight is 343 g/mol. The Morgan fingerprint density at radius 3 is 2.70 bits per heavy atom. The van der Waals surface area contributed by atoms with Gasteiger partial charge in [-0.15, -0.1) is 0 Å². The molecule has 0 aliphatic carbocycles. The SMILES string of the molecule is Cc1c2c(F)cc(Br)cc2nn1CC(=O)OC(C)(C)C. The number of halogens is 2. The number of esters is 1. The fourth-order valence-electron chi connectivity index (χ4n) is 1.98. The van der Waals surface area contributed by atoms with Crippen molar-refractivity contribution >= 4 is 32.8 Å². The van der Waals surface area contributed by atoms with Gasteiger partial charge in [0.2, 0.25) is 0 Å². The maximum atomic E-state index is 13.9. The zero-order chi connectivity index (χ0) is 15.1. The molecule has 0 N–H and O–H groups in total. The predicted molar refractivity (Wildman–Crippen MR) is 78.0 cm³/mol.